The number of aromatic hydroxyl groups is 1. The second kappa shape index (κ2) is 7.53. The first-order chi connectivity index (χ1) is 12.5. The van der Waals surface area contributed by atoms with Crippen LogP contribution in [0, 0.1) is 6.92 Å². The van der Waals surface area contributed by atoms with E-state index < -0.39 is 0 Å². The Hall–Kier alpha value is -3.60. The van der Waals surface area contributed by atoms with Gasteiger partial charge in [0.1, 0.15) is 5.75 Å². The molecule has 0 saturated carbocycles. The van der Waals surface area contributed by atoms with Crippen LogP contribution in [-0.4, -0.2) is 16.9 Å². The minimum atomic E-state index is -0.269. The van der Waals surface area contributed by atoms with E-state index >= 15 is 0 Å². The van der Waals surface area contributed by atoms with E-state index in [2.05, 4.69) is 10.6 Å². The van der Waals surface area contributed by atoms with E-state index in [-0.39, 0.29) is 17.6 Å². The second-order valence-corrected chi connectivity index (χ2v) is 5.85. The summed E-state index contributed by atoms with van der Waals surface area (Å²) in [5.74, 6) is -0.351. The lowest BCUT2D eigenvalue weighted by Crippen LogP contribution is -2.14. The molecule has 3 N–H and O–H groups in total. The van der Waals surface area contributed by atoms with Gasteiger partial charge in [0.2, 0.25) is 0 Å². The summed E-state index contributed by atoms with van der Waals surface area (Å²) in [6.45, 7) is 1.85. The van der Waals surface area contributed by atoms with E-state index in [4.69, 9.17) is 0 Å². The third-order valence-electron chi connectivity index (χ3n) is 3.90. The van der Waals surface area contributed by atoms with Gasteiger partial charge in [-0.05, 0) is 67.1 Å². The van der Waals surface area contributed by atoms with Crippen molar-refractivity contribution in [3.05, 3.63) is 89.5 Å². The van der Waals surface area contributed by atoms with Gasteiger partial charge in [-0.15, -0.1) is 0 Å². The number of hydrogen-bond donors (Lipinski definition) is 3. The second-order valence-electron chi connectivity index (χ2n) is 5.85. The molecule has 3 aromatic carbocycles. The van der Waals surface area contributed by atoms with Crippen LogP contribution in [-0.2, 0) is 0 Å². The van der Waals surface area contributed by atoms with Crippen LogP contribution in [0.1, 0.15) is 26.3 Å². The standard InChI is InChI=1S/C21H18N2O3/c1-14-13-17(22-20(25)15-5-3-2-4-6-15)9-12-19(14)23-21(26)16-7-10-18(24)11-8-16/h2-13,24H,1H3,(H,22,25)(H,23,26). The minimum absolute atomic E-state index is 0.108. The van der Waals surface area contributed by atoms with Crippen molar-refractivity contribution in [1.82, 2.24) is 0 Å². The predicted molar refractivity (Wildman–Crippen MR) is 102 cm³/mol. The lowest BCUT2D eigenvalue weighted by atomic mass is 10.1. The number of nitrogens with one attached hydrogen (secondary N) is 2. The molecule has 3 aromatic rings. The molecular weight excluding hydrogens is 328 g/mol. The first kappa shape index (κ1) is 17.2. The summed E-state index contributed by atoms with van der Waals surface area (Å²) in [5.41, 5.74) is 3.15. The van der Waals surface area contributed by atoms with Crippen LogP contribution in [0.25, 0.3) is 0 Å². The molecule has 130 valence electrons. The number of carbonyl (C=O) groups is 2. The van der Waals surface area contributed by atoms with Crippen LogP contribution in [0.15, 0.2) is 72.8 Å². The van der Waals surface area contributed by atoms with E-state index in [1.54, 1.807) is 42.5 Å². The number of carbonyl (C=O) groups excluding carboxylic acids is 2. The molecule has 0 aliphatic heterocycles. The number of rotatable bonds is 4. The number of benzene rings is 3. The van der Waals surface area contributed by atoms with Crippen molar-refractivity contribution in [1.29, 1.82) is 0 Å². The number of phenolic OH excluding ortho intramolecular Hbond substituents is 1. The summed E-state index contributed by atoms with van der Waals surface area (Å²) in [6, 6.07) is 20.3. The van der Waals surface area contributed by atoms with Crippen LogP contribution >= 0.6 is 0 Å². The summed E-state index contributed by atoms with van der Waals surface area (Å²) in [7, 11) is 0. The Morgan fingerprint density at radius 3 is 2.04 bits per heavy atom. The fourth-order valence-corrected chi connectivity index (χ4v) is 2.48. The average molecular weight is 346 g/mol. The van der Waals surface area contributed by atoms with E-state index in [9.17, 15) is 14.7 Å². The van der Waals surface area contributed by atoms with Gasteiger partial charge in [-0.1, -0.05) is 18.2 Å². The zero-order chi connectivity index (χ0) is 18.5. The molecule has 26 heavy (non-hydrogen) atoms. The Morgan fingerprint density at radius 1 is 0.769 bits per heavy atom. The number of hydrogen-bond acceptors (Lipinski definition) is 3. The van der Waals surface area contributed by atoms with Crippen molar-refractivity contribution >= 4 is 23.2 Å². The highest BCUT2D eigenvalue weighted by Crippen LogP contribution is 2.21. The highest BCUT2D eigenvalue weighted by molar-refractivity contribution is 6.06. The maximum Gasteiger partial charge on any atom is 0.255 e. The molecule has 0 heterocycles. The first-order valence-corrected chi connectivity index (χ1v) is 8.10. The predicted octanol–water partition coefficient (Wildman–Crippen LogP) is 4.21. The number of phenols is 1. The van der Waals surface area contributed by atoms with Gasteiger partial charge in [0.25, 0.3) is 11.8 Å². The molecule has 5 heteroatoms. The molecule has 0 fully saturated rings. The van der Waals surface area contributed by atoms with E-state index in [1.807, 2.05) is 25.1 Å². The van der Waals surface area contributed by atoms with Gasteiger partial charge < -0.3 is 15.7 Å². The SMILES string of the molecule is Cc1cc(NC(=O)c2ccccc2)ccc1NC(=O)c1ccc(O)cc1. The van der Waals surface area contributed by atoms with Crippen molar-refractivity contribution in [3.63, 3.8) is 0 Å². The Kier molecular flexibility index (Phi) is 4.99. The lowest BCUT2D eigenvalue weighted by molar-refractivity contribution is 0.101. The summed E-state index contributed by atoms with van der Waals surface area (Å²) >= 11 is 0. The molecule has 0 atom stereocenters. The highest BCUT2D eigenvalue weighted by Gasteiger charge is 2.10. The Labute approximate surface area is 151 Å². The Morgan fingerprint density at radius 2 is 1.38 bits per heavy atom. The van der Waals surface area contributed by atoms with Crippen molar-refractivity contribution in [2.45, 2.75) is 6.92 Å². The molecule has 0 unspecified atom stereocenters. The van der Waals surface area contributed by atoms with Gasteiger partial charge in [0.15, 0.2) is 0 Å². The van der Waals surface area contributed by atoms with Gasteiger partial charge in [0.05, 0.1) is 0 Å². The van der Waals surface area contributed by atoms with Crippen molar-refractivity contribution in [2.24, 2.45) is 0 Å². The van der Waals surface area contributed by atoms with Crippen molar-refractivity contribution < 1.29 is 14.7 Å². The molecule has 0 saturated heterocycles. The maximum atomic E-state index is 12.3. The highest BCUT2D eigenvalue weighted by atomic mass is 16.3. The summed E-state index contributed by atoms with van der Waals surface area (Å²) < 4.78 is 0. The van der Waals surface area contributed by atoms with Crippen LogP contribution < -0.4 is 10.6 Å². The largest absolute Gasteiger partial charge is 0.508 e. The van der Waals surface area contributed by atoms with Crippen LogP contribution in [0.5, 0.6) is 5.75 Å². The third kappa shape index (κ3) is 4.08. The number of anilines is 2. The topological polar surface area (TPSA) is 78.4 Å². The molecule has 0 aliphatic rings. The Balaban J connectivity index is 1.70. The fraction of sp³-hybridized carbons (Fsp3) is 0.0476. The average Bonchev–Trinajstić information content (AvgIpc) is 2.65. The normalized spacial score (nSPS) is 10.2. The van der Waals surface area contributed by atoms with Gasteiger partial charge in [-0.2, -0.15) is 0 Å². The van der Waals surface area contributed by atoms with Gasteiger partial charge in [0, 0.05) is 22.5 Å². The first-order valence-electron chi connectivity index (χ1n) is 8.10. The molecule has 0 bridgehead atoms. The van der Waals surface area contributed by atoms with Crippen LogP contribution in [0.3, 0.4) is 0 Å². The van der Waals surface area contributed by atoms with E-state index in [1.165, 1.54) is 12.1 Å². The number of amides is 2. The van der Waals surface area contributed by atoms with Crippen molar-refractivity contribution in [3.8, 4) is 5.75 Å². The monoisotopic (exact) mass is 346 g/mol. The zero-order valence-electron chi connectivity index (χ0n) is 14.2. The molecule has 0 aliphatic carbocycles. The molecular formula is C21H18N2O3. The quantitative estimate of drug-likeness (QED) is 0.662. The minimum Gasteiger partial charge on any atom is -0.508 e. The fourth-order valence-electron chi connectivity index (χ4n) is 2.48. The van der Waals surface area contributed by atoms with Crippen LogP contribution in [0.4, 0.5) is 11.4 Å². The zero-order valence-corrected chi connectivity index (χ0v) is 14.2. The summed E-state index contributed by atoms with van der Waals surface area (Å²) in [4.78, 5) is 24.5. The molecule has 3 rings (SSSR count). The lowest BCUT2D eigenvalue weighted by Gasteiger charge is -2.11. The van der Waals surface area contributed by atoms with Gasteiger partial charge in [-0.25, -0.2) is 0 Å². The van der Waals surface area contributed by atoms with E-state index in [0.717, 1.165) is 5.56 Å². The molecule has 2 amide bonds. The summed E-state index contributed by atoms with van der Waals surface area (Å²) in [5, 5.41) is 15.0. The third-order valence-corrected chi connectivity index (χ3v) is 3.90. The molecule has 0 aromatic heterocycles. The Bertz CT molecular complexity index is 935. The smallest absolute Gasteiger partial charge is 0.255 e. The molecule has 0 radical (unpaired) electrons. The van der Waals surface area contributed by atoms with E-state index in [0.29, 0.717) is 22.5 Å². The number of aryl methyl sites for hydroxylation is 1. The molecule has 0 spiro atoms. The van der Waals surface area contributed by atoms with Gasteiger partial charge in [-0.3, -0.25) is 9.59 Å². The maximum absolute atomic E-state index is 12.3. The van der Waals surface area contributed by atoms with Crippen LogP contribution in [0.2, 0.25) is 0 Å². The molecule has 5 nitrogen and oxygen atoms in total. The van der Waals surface area contributed by atoms with Crippen molar-refractivity contribution in [2.75, 3.05) is 10.6 Å². The van der Waals surface area contributed by atoms with Gasteiger partial charge >= 0.3 is 0 Å². The summed E-state index contributed by atoms with van der Waals surface area (Å²) in [6.07, 6.45) is 0.